The van der Waals surface area contributed by atoms with Gasteiger partial charge in [-0.1, -0.05) is 11.6 Å². The molecule has 5 heteroatoms. The molecule has 1 heterocycles. The number of benzene rings is 1. The zero-order valence-electron chi connectivity index (χ0n) is 8.71. The van der Waals surface area contributed by atoms with E-state index in [1.807, 2.05) is 0 Å². The van der Waals surface area contributed by atoms with Gasteiger partial charge < -0.3 is 9.67 Å². The van der Waals surface area contributed by atoms with Crippen LogP contribution in [0.3, 0.4) is 0 Å². The van der Waals surface area contributed by atoms with Gasteiger partial charge in [-0.15, -0.1) is 0 Å². The van der Waals surface area contributed by atoms with Gasteiger partial charge in [-0.2, -0.15) is 0 Å². The Morgan fingerprint density at radius 3 is 2.69 bits per heavy atom. The molecule has 1 aromatic heterocycles. The van der Waals surface area contributed by atoms with Crippen LogP contribution in [0.2, 0.25) is 5.02 Å². The van der Waals surface area contributed by atoms with Crippen LogP contribution in [0.5, 0.6) is 0 Å². The molecule has 16 heavy (non-hydrogen) atoms. The summed E-state index contributed by atoms with van der Waals surface area (Å²) in [5.41, 5.74) is 1.87. The maximum absolute atomic E-state index is 11.1. The van der Waals surface area contributed by atoms with E-state index in [4.69, 9.17) is 16.7 Å². The Kier molecular flexibility index (Phi) is 2.72. The van der Waals surface area contributed by atoms with Crippen LogP contribution in [0.15, 0.2) is 16.6 Å². The van der Waals surface area contributed by atoms with Gasteiger partial charge in [0.15, 0.2) is 0 Å². The zero-order chi connectivity index (χ0) is 12.0. The van der Waals surface area contributed by atoms with Crippen molar-refractivity contribution in [2.45, 2.75) is 6.92 Å². The van der Waals surface area contributed by atoms with E-state index in [9.17, 15) is 4.79 Å². The topological polar surface area (TPSA) is 42.2 Å². The van der Waals surface area contributed by atoms with E-state index in [2.05, 4.69) is 15.9 Å². The highest BCUT2D eigenvalue weighted by Crippen LogP contribution is 2.33. The quantitative estimate of drug-likeness (QED) is 0.874. The number of carboxylic acids is 1. The second-order valence-electron chi connectivity index (χ2n) is 3.62. The lowest BCUT2D eigenvalue weighted by molar-refractivity contribution is 0.0686. The lowest BCUT2D eigenvalue weighted by atomic mass is 10.1. The lowest BCUT2D eigenvalue weighted by Gasteiger charge is -2.01. The molecule has 0 unspecified atom stereocenters. The Labute approximate surface area is 106 Å². The molecule has 0 radical (unpaired) electrons. The van der Waals surface area contributed by atoms with Crippen molar-refractivity contribution in [1.29, 1.82) is 0 Å². The van der Waals surface area contributed by atoms with Gasteiger partial charge in [0.05, 0.1) is 5.52 Å². The number of aromatic nitrogens is 1. The van der Waals surface area contributed by atoms with Gasteiger partial charge in [-0.05, 0) is 40.5 Å². The van der Waals surface area contributed by atoms with Crippen molar-refractivity contribution in [2.24, 2.45) is 7.05 Å². The summed E-state index contributed by atoms with van der Waals surface area (Å²) in [5.74, 6) is -0.931. The summed E-state index contributed by atoms with van der Waals surface area (Å²) in [6.45, 7) is 1.79. The standard InChI is InChI=1S/C11H9BrClNO2/c1-5-7-3-6(13)4-8(12)10(7)14(2)9(5)11(15)16/h3-4H,1-2H3,(H,15,16). The van der Waals surface area contributed by atoms with Crippen LogP contribution >= 0.6 is 27.5 Å². The summed E-state index contributed by atoms with van der Waals surface area (Å²) < 4.78 is 2.46. The third-order valence-electron chi connectivity index (χ3n) is 2.66. The second-order valence-corrected chi connectivity index (χ2v) is 4.91. The minimum absolute atomic E-state index is 0.290. The summed E-state index contributed by atoms with van der Waals surface area (Å²) in [4.78, 5) is 11.1. The van der Waals surface area contributed by atoms with Gasteiger partial charge in [0.2, 0.25) is 0 Å². The Balaban J connectivity index is 2.99. The molecule has 0 aliphatic rings. The third kappa shape index (κ3) is 1.53. The number of fused-ring (bicyclic) bond motifs is 1. The highest BCUT2D eigenvalue weighted by atomic mass is 79.9. The fourth-order valence-corrected chi connectivity index (χ4v) is 3.06. The smallest absolute Gasteiger partial charge is 0.352 e. The van der Waals surface area contributed by atoms with Crippen molar-refractivity contribution in [2.75, 3.05) is 0 Å². The van der Waals surface area contributed by atoms with Crippen LogP contribution in [-0.2, 0) is 7.05 Å². The molecular formula is C11H9BrClNO2. The predicted octanol–water partition coefficient (Wildman–Crippen LogP) is 3.60. The number of aryl methyl sites for hydroxylation is 2. The van der Waals surface area contributed by atoms with E-state index in [0.717, 1.165) is 20.9 Å². The number of rotatable bonds is 1. The fourth-order valence-electron chi connectivity index (χ4n) is 1.99. The van der Waals surface area contributed by atoms with E-state index in [-0.39, 0.29) is 5.69 Å². The Morgan fingerprint density at radius 2 is 2.12 bits per heavy atom. The molecule has 0 fully saturated rings. The molecular weight excluding hydrogens is 293 g/mol. The van der Waals surface area contributed by atoms with Gasteiger partial charge >= 0.3 is 5.97 Å². The molecule has 1 N–H and O–H groups in total. The molecule has 0 atom stereocenters. The first kappa shape index (κ1) is 11.5. The maximum Gasteiger partial charge on any atom is 0.352 e. The average Bonchev–Trinajstić information content (AvgIpc) is 2.38. The average molecular weight is 303 g/mol. The summed E-state index contributed by atoms with van der Waals surface area (Å²) in [6.07, 6.45) is 0. The number of aromatic carboxylic acids is 1. The zero-order valence-corrected chi connectivity index (χ0v) is 11.1. The first-order valence-electron chi connectivity index (χ1n) is 4.60. The van der Waals surface area contributed by atoms with E-state index in [1.165, 1.54) is 0 Å². The Bertz CT molecular complexity index is 604. The molecule has 0 aliphatic carbocycles. The van der Waals surface area contributed by atoms with Crippen molar-refractivity contribution in [3.63, 3.8) is 0 Å². The Morgan fingerprint density at radius 1 is 1.50 bits per heavy atom. The minimum Gasteiger partial charge on any atom is -0.477 e. The van der Waals surface area contributed by atoms with Crippen LogP contribution in [0.25, 0.3) is 10.9 Å². The predicted molar refractivity (Wildman–Crippen MR) is 67.3 cm³/mol. The summed E-state index contributed by atoms with van der Waals surface area (Å²) in [5, 5.41) is 10.6. The molecule has 2 aromatic rings. The van der Waals surface area contributed by atoms with Gasteiger partial charge in [0.1, 0.15) is 5.69 Å². The second kappa shape index (κ2) is 3.79. The number of nitrogens with zero attached hydrogens (tertiary/aromatic N) is 1. The van der Waals surface area contributed by atoms with E-state index < -0.39 is 5.97 Å². The van der Waals surface area contributed by atoms with E-state index in [1.54, 1.807) is 30.7 Å². The van der Waals surface area contributed by atoms with Crippen LogP contribution in [0.1, 0.15) is 16.1 Å². The van der Waals surface area contributed by atoms with E-state index in [0.29, 0.717) is 5.02 Å². The van der Waals surface area contributed by atoms with Crippen molar-refractivity contribution >= 4 is 44.4 Å². The normalized spacial score (nSPS) is 11.0. The molecule has 0 aliphatic heterocycles. The van der Waals surface area contributed by atoms with Crippen molar-refractivity contribution in [3.8, 4) is 0 Å². The molecule has 0 bridgehead atoms. The summed E-state index contributed by atoms with van der Waals surface area (Å²) >= 11 is 9.35. The fraction of sp³-hybridized carbons (Fsp3) is 0.182. The van der Waals surface area contributed by atoms with Crippen LogP contribution < -0.4 is 0 Å². The molecule has 0 saturated heterocycles. The molecule has 0 saturated carbocycles. The van der Waals surface area contributed by atoms with Crippen LogP contribution in [0.4, 0.5) is 0 Å². The van der Waals surface area contributed by atoms with Crippen molar-refractivity contribution in [3.05, 3.63) is 32.9 Å². The number of hydrogen-bond acceptors (Lipinski definition) is 1. The van der Waals surface area contributed by atoms with Crippen LogP contribution in [-0.4, -0.2) is 15.6 Å². The number of hydrogen-bond donors (Lipinski definition) is 1. The van der Waals surface area contributed by atoms with Crippen molar-refractivity contribution in [1.82, 2.24) is 4.57 Å². The minimum atomic E-state index is -0.931. The third-order valence-corrected chi connectivity index (χ3v) is 3.48. The first-order chi connectivity index (χ1) is 7.43. The van der Waals surface area contributed by atoms with Gasteiger partial charge in [0.25, 0.3) is 0 Å². The maximum atomic E-state index is 11.1. The molecule has 84 valence electrons. The molecule has 2 rings (SSSR count). The van der Waals surface area contributed by atoms with Gasteiger partial charge in [-0.3, -0.25) is 0 Å². The highest BCUT2D eigenvalue weighted by molar-refractivity contribution is 9.10. The Hall–Kier alpha value is -1.00. The highest BCUT2D eigenvalue weighted by Gasteiger charge is 2.19. The number of halogens is 2. The number of carbonyl (C=O) groups is 1. The monoisotopic (exact) mass is 301 g/mol. The molecule has 3 nitrogen and oxygen atoms in total. The molecule has 1 aromatic carbocycles. The molecule has 0 spiro atoms. The SMILES string of the molecule is Cc1c(C(=O)O)n(C)c2c(Br)cc(Cl)cc12. The number of carboxylic acid groups (broad SMARTS) is 1. The largest absolute Gasteiger partial charge is 0.477 e. The summed E-state index contributed by atoms with van der Waals surface area (Å²) in [7, 11) is 1.73. The van der Waals surface area contributed by atoms with E-state index >= 15 is 0 Å². The molecule has 0 amide bonds. The van der Waals surface area contributed by atoms with Gasteiger partial charge in [0, 0.05) is 21.9 Å². The van der Waals surface area contributed by atoms with Crippen molar-refractivity contribution < 1.29 is 9.90 Å². The summed E-state index contributed by atoms with van der Waals surface area (Å²) in [6, 6.07) is 3.54. The lowest BCUT2D eigenvalue weighted by Crippen LogP contribution is -2.05. The van der Waals surface area contributed by atoms with Gasteiger partial charge in [-0.25, -0.2) is 4.79 Å². The van der Waals surface area contributed by atoms with Crippen LogP contribution in [0, 0.1) is 6.92 Å². The first-order valence-corrected chi connectivity index (χ1v) is 5.78.